The van der Waals surface area contributed by atoms with Crippen LogP contribution in [0.5, 0.6) is 0 Å². The maximum absolute atomic E-state index is 12.3. The van der Waals surface area contributed by atoms with Gasteiger partial charge < -0.3 is 19.9 Å². The third-order valence-corrected chi connectivity index (χ3v) is 6.31. The van der Waals surface area contributed by atoms with E-state index in [-0.39, 0.29) is 35.9 Å². The first-order valence-corrected chi connectivity index (χ1v) is 11.4. The normalized spacial score (nSPS) is 26.0. The van der Waals surface area contributed by atoms with Gasteiger partial charge in [-0.1, -0.05) is 0 Å². The van der Waals surface area contributed by atoms with Gasteiger partial charge in [-0.25, -0.2) is 0 Å². The van der Waals surface area contributed by atoms with Crippen molar-refractivity contribution in [1.82, 2.24) is 24.9 Å². The number of carbonyl (C=O) groups excluding carboxylic acids is 1. The molecule has 0 aromatic rings. The predicted molar refractivity (Wildman–Crippen MR) is 132 cm³/mol. The summed E-state index contributed by atoms with van der Waals surface area (Å²) in [5.74, 6) is 1.29. The number of guanidine groups is 1. The Kier molecular flexibility index (Phi) is 11.1. The molecule has 0 radical (unpaired) electrons. The van der Waals surface area contributed by atoms with Gasteiger partial charge in [-0.05, 0) is 39.2 Å². The van der Waals surface area contributed by atoms with E-state index in [0.717, 1.165) is 90.8 Å². The number of carbonyl (C=O) groups is 1. The van der Waals surface area contributed by atoms with Gasteiger partial charge in [-0.2, -0.15) is 0 Å². The fourth-order valence-corrected chi connectivity index (χ4v) is 4.73. The molecule has 1 N–H and O–H groups in total. The van der Waals surface area contributed by atoms with Crippen molar-refractivity contribution in [2.24, 2.45) is 4.99 Å². The smallest absolute Gasteiger partial charge is 0.239 e. The Morgan fingerprint density at radius 1 is 1.17 bits per heavy atom. The average molecular weight is 537 g/mol. The van der Waals surface area contributed by atoms with Gasteiger partial charge in [-0.15, -0.1) is 24.0 Å². The largest absolute Gasteiger partial charge is 0.379 e. The Labute approximate surface area is 199 Å². The molecular weight excluding hydrogens is 495 g/mol. The fraction of sp³-hybridized carbons (Fsp3) is 0.905. The Bertz CT molecular complexity index is 556. The maximum Gasteiger partial charge on any atom is 0.239 e. The van der Waals surface area contributed by atoms with Crippen molar-refractivity contribution in [2.45, 2.75) is 44.7 Å². The first kappa shape index (κ1) is 25.6. The van der Waals surface area contributed by atoms with E-state index >= 15 is 0 Å². The number of amides is 1. The van der Waals surface area contributed by atoms with Gasteiger partial charge in [-0.3, -0.25) is 19.6 Å². The van der Waals surface area contributed by atoms with E-state index in [0.29, 0.717) is 6.04 Å². The van der Waals surface area contributed by atoms with Crippen LogP contribution in [0, 0.1) is 0 Å². The summed E-state index contributed by atoms with van der Waals surface area (Å²) in [5, 5.41) is 3.48. The third-order valence-electron chi connectivity index (χ3n) is 6.31. The van der Waals surface area contributed by atoms with E-state index in [4.69, 9.17) is 9.73 Å². The lowest BCUT2D eigenvalue weighted by Crippen LogP contribution is -2.46. The van der Waals surface area contributed by atoms with Crippen LogP contribution in [0.2, 0.25) is 0 Å². The third kappa shape index (κ3) is 6.93. The molecule has 9 heteroatoms. The number of likely N-dealkylation sites (tertiary alicyclic amines) is 2. The number of halogens is 1. The number of nitrogens with zero attached hydrogens (tertiary/aromatic N) is 5. The number of likely N-dealkylation sites (N-methyl/N-ethyl adjacent to an activating group) is 1. The molecule has 3 saturated heterocycles. The fourth-order valence-electron chi connectivity index (χ4n) is 4.73. The van der Waals surface area contributed by atoms with Crippen LogP contribution in [-0.4, -0.2) is 123 Å². The van der Waals surface area contributed by atoms with Crippen molar-refractivity contribution in [3.05, 3.63) is 0 Å². The van der Waals surface area contributed by atoms with Crippen LogP contribution in [0.4, 0.5) is 0 Å². The topological polar surface area (TPSA) is 63.7 Å². The highest BCUT2D eigenvalue weighted by molar-refractivity contribution is 14.0. The molecule has 3 rings (SSSR count). The van der Waals surface area contributed by atoms with E-state index in [9.17, 15) is 4.79 Å². The first-order valence-electron chi connectivity index (χ1n) is 11.4. The van der Waals surface area contributed by atoms with Gasteiger partial charge in [0.15, 0.2) is 5.96 Å². The Balaban J connectivity index is 0.00000320. The molecule has 3 fully saturated rings. The van der Waals surface area contributed by atoms with Crippen molar-refractivity contribution < 1.29 is 9.53 Å². The molecule has 0 spiro atoms. The minimum atomic E-state index is 0. The number of hydrogen-bond donors (Lipinski definition) is 1. The van der Waals surface area contributed by atoms with E-state index in [1.807, 2.05) is 14.1 Å². The SMILES string of the molecule is CCNC(=NCCCN1CCCC1C(=O)N(C)C)N1CCC(N2CCOCC2)C1.I. The second-order valence-electron chi connectivity index (χ2n) is 8.55. The minimum Gasteiger partial charge on any atom is -0.379 e. The van der Waals surface area contributed by atoms with Crippen molar-refractivity contribution in [2.75, 3.05) is 79.7 Å². The van der Waals surface area contributed by atoms with Gasteiger partial charge in [0.25, 0.3) is 0 Å². The quantitative estimate of drug-likeness (QED) is 0.226. The molecule has 0 aromatic carbocycles. The van der Waals surface area contributed by atoms with Gasteiger partial charge in [0.1, 0.15) is 0 Å². The first-order chi connectivity index (χ1) is 14.1. The van der Waals surface area contributed by atoms with E-state index in [2.05, 4.69) is 26.9 Å². The van der Waals surface area contributed by atoms with Crippen LogP contribution in [0.15, 0.2) is 4.99 Å². The van der Waals surface area contributed by atoms with Crippen LogP contribution < -0.4 is 5.32 Å². The van der Waals surface area contributed by atoms with E-state index in [1.165, 1.54) is 6.42 Å². The number of aliphatic imine (C=N–C) groups is 1. The molecule has 3 heterocycles. The molecule has 0 bridgehead atoms. The van der Waals surface area contributed by atoms with Crippen LogP contribution >= 0.6 is 24.0 Å². The summed E-state index contributed by atoms with van der Waals surface area (Å²) in [4.78, 5) is 26.3. The standard InChI is InChI=1S/C21H40N6O2.HI/c1-4-22-21(27-12-8-18(17-27)25-13-15-29-16-14-25)23-9-6-11-26-10-5-7-19(26)20(28)24(2)3;/h18-19H,4-17H2,1-3H3,(H,22,23);1H. The zero-order chi connectivity index (χ0) is 20.6. The molecule has 2 unspecified atom stereocenters. The Morgan fingerprint density at radius 3 is 2.63 bits per heavy atom. The second kappa shape index (κ2) is 13.0. The van der Waals surface area contributed by atoms with Crippen molar-refractivity contribution in [3.8, 4) is 0 Å². The number of rotatable bonds is 7. The number of hydrogen-bond acceptors (Lipinski definition) is 5. The maximum atomic E-state index is 12.3. The van der Waals surface area contributed by atoms with E-state index in [1.54, 1.807) is 4.90 Å². The lowest BCUT2D eigenvalue weighted by Gasteiger charge is -2.32. The Morgan fingerprint density at radius 2 is 1.93 bits per heavy atom. The van der Waals surface area contributed by atoms with Crippen LogP contribution in [0.1, 0.15) is 32.6 Å². The van der Waals surface area contributed by atoms with Crippen molar-refractivity contribution in [1.29, 1.82) is 0 Å². The molecule has 0 saturated carbocycles. The summed E-state index contributed by atoms with van der Waals surface area (Å²) in [7, 11) is 3.71. The summed E-state index contributed by atoms with van der Waals surface area (Å²) in [6.07, 6.45) is 4.30. The average Bonchev–Trinajstić information content (AvgIpc) is 3.40. The highest BCUT2D eigenvalue weighted by atomic mass is 127. The summed E-state index contributed by atoms with van der Waals surface area (Å²) in [5.41, 5.74) is 0. The molecule has 3 aliphatic heterocycles. The van der Waals surface area contributed by atoms with Gasteiger partial charge in [0.05, 0.1) is 19.3 Å². The second-order valence-corrected chi connectivity index (χ2v) is 8.55. The molecule has 2 atom stereocenters. The number of morpholine rings is 1. The minimum absolute atomic E-state index is 0. The number of ether oxygens (including phenoxy) is 1. The summed E-state index contributed by atoms with van der Waals surface area (Å²) >= 11 is 0. The summed E-state index contributed by atoms with van der Waals surface area (Å²) in [6.45, 7) is 11.7. The van der Waals surface area contributed by atoms with Crippen LogP contribution in [0.25, 0.3) is 0 Å². The van der Waals surface area contributed by atoms with Crippen LogP contribution in [0.3, 0.4) is 0 Å². The zero-order valence-electron chi connectivity index (χ0n) is 19.0. The molecule has 0 aromatic heterocycles. The van der Waals surface area contributed by atoms with Gasteiger partial charge in [0, 0.05) is 66.0 Å². The molecule has 30 heavy (non-hydrogen) atoms. The Hall–Kier alpha value is -0.650. The molecular formula is C21H41IN6O2. The summed E-state index contributed by atoms with van der Waals surface area (Å²) < 4.78 is 5.50. The lowest BCUT2D eigenvalue weighted by molar-refractivity contribution is -0.133. The van der Waals surface area contributed by atoms with Gasteiger partial charge in [0.2, 0.25) is 5.91 Å². The highest BCUT2D eigenvalue weighted by Gasteiger charge is 2.32. The molecule has 1 amide bonds. The lowest BCUT2D eigenvalue weighted by atomic mass is 10.2. The summed E-state index contributed by atoms with van der Waals surface area (Å²) in [6, 6.07) is 0.681. The molecule has 0 aliphatic carbocycles. The number of nitrogens with one attached hydrogen (secondary N) is 1. The van der Waals surface area contributed by atoms with Crippen molar-refractivity contribution >= 4 is 35.8 Å². The zero-order valence-corrected chi connectivity index (χ0v) is 21.3. The molecule has 174 valence electrons. The molecule has 3 aliphatic rings. The van der Waals surface area contributed by atoms with Crippen LogP contribution in [-0.2, 0) is 9.53 Å². The monoisotopic (exact) mass is 536 g/mol. The highest BCUT2D eigenvalue weighted by Crippen LogP contribution is 2.19. The molecule has 8 nitrogen and oxygen atoms in total. The van der Waals surface area contributed by atoms with Gasteiger partial charge >= 0.3 is 0 Å². The van der Waals surface area contributed by atoms with E-state index < -0.39 is 0 Å². The predicted octanol–water partition coefficient (Wildman–Crippen LogP) is 0.919. The van der Waals surface area contributed by atoms with Crippen molar-refractivity contribution in [3.63, 3.8) is 0 Å².